The molecule has 0 saturated heterocycles. The normalized spacial score (nSPS) is 16.2. The number of nitrogens with zero attached hydrogens (tertiary/aromatic N) is 1. The van der Waals surface area contributed by atoms with Gasteiger partial charge in [0.05, 0.1) is 5.69 Å². The Kier molecular flexibility index (Phi) is 5.03. The van der Waals surface area contributed by atoms with Gasteiger partial charge in [-0.3, -0.25) is 9.79 Å². The molecule has 7 heteroatoms. The minimum absolute atomic E-state index is 0.0703. The van der Waals surface area contributed by atoms with E-state index in [9.17, 15) is 14.0 Å². The molecule has 1 heterocycles. The lowest BCUT2D eigenvalue weighted by Crippen LogP contribution is -2.44. The molecule has 1 aliphatic rings. The summed E-state index contributed by atoms with van der Waals surface area (Å²) in [4.78, 5) is 28.2. The van der Waals surface area contributed by atoms with Gasteiger partial charge >= 0.3 is 6.09 Å². The van der Waals surface area contributed by atoms with Crippen molar-refractivity contribution in [2.45, 2.75) is 19.1 Å². The largest absolute Gasteiger partial charge is 0.445 e. The molecule has 1 aliphatic heterocycles. The average molecular weight is 341 g/mol. The number of amides is 2. The number of hydrogen-bond acceptors (Lipinski definition) is 4. The van der Waals surface area contributed by atoms with Crippen LogP contribution in [0.3, 0.4) is 0 Å². The lowest BCUT2D eigenvalue weighted by molar-refractivity contribution is -0.117. The monoisotopic (exact) mass is 341 g/mol. The van der Waals surface area contributed by atoms with Crippen LogP contribution in [0.25, 0.3) is 0 Å². The fraction of sp³-hybridized carbons (Fsp3) is 0.167. The summed E-state index contributed by atoms with van der Waals surface area (Å²) >= 11 is 0. The second-order valence-electron chi connectivity index (χ2n) is 5.43. The maximum absolute atomic E-state index is 13.7. The van der Waals surface area contributed by atoms with Crippen molar-refractivity contribution in [2.75, 3.05) is 5.32 Å². The number of alkyl carbamates (subject to hydrolysis) is 1. The Morgan fingerprint density at radius 3 is 2.84 bits per heavy atom. The third-order valence-corrected chi connectivity index (χ3v) is 3.63. The molecule has 128 valence electrons. The number of para-hydroxylation sites is 1. The summed E-state index contributed by atoms with van der Waals surface area (Å²) in [6.07, 6.45) is 0.820. The zero-order valence-electron chi connectivity index (χ0n) is 13.2. The van der Waals surface area contributed by atoms with Crippen LogP contribution in [0.5, 0.6) is 0 Å². The molecule has 2 aromatic carbocycles. The standard InChI is InChI=1S/C18H16FN3O3/c19-13-7-4-8-14-16(13)20-10-9-15(17(23)21-14)22-18(24)25-11-12-5-2-1-3-6-12/h1-8,10,15H,9,11H2,(H,21,23)(H,22,24). The van der Waals surface area contributed by atoms with E-state index in [-0.39, 0.29) is 24.4 Å². The predicted octanol–water partition coefficient (Wildman–Crippen LogP) is 3.17. The molecule has 0 aromatic heterocycles. The minimum Gasteiger partial charge on any atom is -0.445 e. The maximum Gasteiger partial charge on any atom is 0.408 e. The van der Waals surface area contributed by atoms with Gasteiger partial charge in [0, 0.05) is 12.6 Å². The van der Waals surface area contributed by atoms with Crippen molar-refractivity contribution in [2.24, 2.45) is 4.99 Å². The van der Waals surface area contributed by atoms with Crippen LogP contribution in [0.2, 0.25) is 0 Å². The second-order valence-corrected chi connectivity index (χ2v) is 5.43. The molecule has 25 heavy (non-hydrogen) atoms. The van der Waals surface area contributed by atoms with Gasteiger partial charge in [0.25, 0.3) is 0 Å². The summed E-state index contributed by atoms with van der Waals surface area (Å²) in [7, 11) is 0. The van der Waals surface area contributed by atoms with Crippen LogP contribution in [-0.4, -0.2) is 24.3 Å². The molecule has 0 bridgehead atoms. The zero-order chi connectivity index (χ0) is 17.6. The summed E-state index contributed by atoms with van der Waals surface area (Å²) in [6, 6.07) is 12.6. The zero-order valence-corrected chi connectivity index (χ0v) is 13.2. The van der Waals surface area contributed by atoms with Gasteiger partial charge in [-0.25, -0.2) is 9.18 Å². The number of ether oxygens (including phenoxy) is 1. The predicted molar refractivity (Wildman–Crippen MR) is 91.3 cm³/mol. The second kappa shape index (κ2) is 7.57. The van der Waals surface area contributed by atoms with Crippen molar-refractivity contribution < 1.29 is 18.7 Å². The third-order valence-electron chi connectivity index (χ3n) is 3.63. The Hall–Kier alpha value is -3.22. The van der Waals surface area contributed by atoms with Crippen molar-refractivity contribution in [3.05, 3.63) is 59.9 Å². The van der Waals surface area contributed by atoms with E-state index in [0.717, 1.165) is 5.56 Å². The molecule has 6 nitrogen and oxygen atoms in total. The third kappa shape index (κ3) is 4.20. The van der Waals surface area contributed by atoms with E-state index >= 15 is 0 Å². The molecule has 0 radical (unpaired) electrons. The molecule has 3 rings (SSSR count). The molecular formula is C18H16FN3O3. The Balaban J connectivity index is 1.62. The maximum atomic E-state index is 13.7. The Labute approximate surface area is 143 Å². The summed E-state index contributed by atoms with van der Waals surface area (Å²) in [5, 5.41) is 5.06. The highest BCUT2D eigenvalue weighted by molar-refractivity contribution is 6.01. The van der Waals surface area contributed by atoms with Crippen LogP contribution in [0.15, 0.2) is 53.5 Å². The average Bonchev–Trinajstić information content (AvgIpc) is 2.60. The lowest BCUT2D eigenvalue weighted by Gasteiger charge is -2.19. The molecule has 0 spiro atoms. The van der Waals surface area contributed by atoms with Crippen LogP contribution in [0.1, 0.15) is 12.0 Å². The number of carbonyl (C=O) groups is 2. The highest BCUT2D eigenvalue weighted by atomic mass is 19.1. The molecule has 2 aromatic rings. The first-order valence-electron chi connectivity index (χ1n) is 7.72. The van der Waals surface area contributed by atoms with Gasteiger partial charge in [0.2, 0.25) is 5.91 Å². The van der Waals surface area contributed by atoms with E-state index in [1.807, 2.05) is 30.3 Å². The first kappa shape index (κ1) is 16.6. The van der Waals surface area contributed by atoms with Gasteiger partial charge in [-0.15, -0.1) is 0 Å². The van der Waals surface area contributed by atoms with E-state index in [4.69, 9.17) is 4.74 Å². The SMILES string of the molecule is O=C(NC1CC=Nc2c(F)cccc2NC1=O)OCc1ccccc1. The summed E-state index contributed by atoms with van der Waals surface area (Å²) in [5.41, 5.74) is 1.16. The van der Waals surface area contributed by atoms with Gasteiger partial charge in [0.15, 0.2) is 5.82 Å². The highest BCUT2D eigenvalue weighted by Crippen LogP contribution is 2.29. The summed E-state index contributed by atoms with van der Waals surface area (Å²) in [6.45, 7) is 0.100. The van der Waals surface area contributed by atoms with Crippen molar-refractivity contribution in [1.82, 2.24) is 5.32 Å². The molecule has 1 atom stereocenters. The smallest absolute Gasteiger partial charge is 0.408 e. The van der Waals surface area contributed by atoms with Gasteiger partial charge in [-0.2, -0.15) is 0 Å². The van der Waals surface area contributed by atoms with Crippen molar-refractivity contribution in [1.29, 1.82) is 0 Å². The summed E-state index contributed by atoms with van der Waals surface area (Å²) in [5.74, 6) is -0.989. The van der Waals surface area contributed by atoms with E-state index in [0.29, 0.717) is 0 Å². The Morgan fingerprint density at radius 1 is 1.24 bits per heavy atom. The molecule has 0 saturated carbocycles. The fourth-order valence-electron chi connectivity index (χ4n) is 2.36. The molecule has 2 N–H and O–H groups in total. The number of fused-ring (bicyclic) bond motifs is 1. The molecule has 1 unspecified atom stereocenters. The molecule has 2 amide bonds. The van der Waals surface area contributed by atoms with Gasteiger partial charge in [-0.05, 0) is 17.7 Å². The van der Waals surface area contributed by atoms with E-state index < -0.39 is 23.9 Å². The highest BCUT2D eigenvalue weighted by Gasteiger charge is 2.23. The van der Waals surface area contributed by atoms with Crippen molar-refractivity contribution in [3.8, 4) is 0 Å². The number of benzene rings is 2. The van der Waals surface area contributed by atoms with Crippen LogP contribution in [0, 0.1) is 5.82 Å². The van der Waals surface area contributed by atoms with Crippen molar-refractivity contribution in [3.63, 3.8) is 0 Å². The van der Waals surface area contributed by atoms with E-state index in [1.165, 1.54) is 18.3 Å². The first-order valence-corrected chi connectivity index (χ1v) is 7.72. The van der Waals surface area contributed by atoms with E-state index in [1.54, 1.807) is 6.07 Å². The van der Waals surface area contributed by atoms with Crippen LogP contribution >= 0.6 is 0 Å². The van der Waals surface area contributed by atoms with E-state index in [2.05, 4.69) is 15.6 Å². The topological polar surface area (TPSA) is 79.8 Å². The minimum atomic E-state index is -0.858. The lowest BCUT2D eigenvalue weighted by atomic mass is 10.1. The fourth-order valence-corrected chi connectivity index (χ4v) is 2.36. The Bertz CT molecular complexity index is 808. The number of aliphatic imine (C=N–C) groups is 1. The Morgan fingerprint density at radius 2 is 2.04 bits per heavy atom. The number of halogens is 1. The molecule has 0 aliphatic carbocycles. The molecular weight excluding hydrogens is 325 g/mol. The first-order chi connectivity index (χ1) is 12.1. The van der Waals surface area contributed by atoms with Crippen LogP contribution in [-0.2, 0) is 16.1 Å². The van der Waals surface area contributed by atoms with Crippen LogP contribution < -0.4 is 10.6 Å². The molecule has 0 fully saturated rings. The van der Waals surface area contributed by atoms with Crippen LogP contribution in [0.4, 0.5) is 20.6 Å². The van der Waals surface area contributed by atoms with Gasteiger partial charge in [-0.1, -0.05) is 36.4 Å². The number of anilines is 1. The van der Waals surface area contributed by atoms with Gasteiger partial charge < -0.3 is 15.4 Å². The number of nitrogens with one attached hydrogen (secondary N) is 2. The quantitative estimate of drug-likeness (QED) is 0.900. The number of rotatable bonds is 3. The number of hydrogen-bond donors (Lipinski definition) is 2. The summed E-state index contributed by atoms with van der Waals surface area (Å²) < 4.78 is 18.8. The number of carbonyl (C=O) groups excluding carboxylic acids is 2. The van der Waals surface area contributed by atoms with Crippen molar-refractivity contribution >= 4 is 29.6 Å². The van der Waals surface area contributed by atoms with Gasteiger partial charge in [0.1, 0.15) is 18.3 Å².